The summed E-state index contributed by atoms with van der Waals surface area (Å²) in [4.78, 5) is 12.0. The van der Waals surface area contributed by atoms with Crippen molar-refractivity contribution in [2.24, 2.45) is 0 Å². The van der Waals surface area contributed by atoms with Crippen molar-refractivity contribution in [1.29, 1.82) is 0 Å². The molecule has 0 aliphatic rings. The van der Waals surface area contributed by atoms with Crippen LogP contribution in [0.25, 0.3) is 0 Å². The molecular formula is C13H12BrNO5S3. The molecule has 2 aromatic rings. The van der Waals surface area contributed by atoms with Gasteiger partial charge in [-0.3, -0.25) is 4.79 Å². The molecule has 0 radical (unpaired) electrons. The Balaban J connectivity index is 2.30. The van der Waals surface area contributed by atoms with Crippen molar-refractivity contribution in [1.82, 2.24) is 4.72 Å². The van der Waals surface area contributed by atoms with Crippen LogP contribution in [-0.2, 0) is 19.9 Å². The Hall–Kier alpha value is -1.23. The van der Waals surface area contributed by atoms with Crippen LogP contribution in [-0.4, -0.2) is 29.0 Å². The number of benzene rings is 1. The number of aryl methyl sites for hydroxylation is 1. The topological polar surface area (TPSA) is 97.4 Å². The van der Waals surface area contributed by atoms with Crippen LogP contribution in [0.4, 0.5) is 0 Å². The summed E-state index contributed by atoms with van der Waals surface area (Å²) in [6.07, 6.45) is 1.01. The average molecular weight is 438 g/mol. The molecule has 0 unspecified atom stereocenters. The Bertz CT molecular complexity index is 977. The van der Waals surface area contributed by atoms with Gasteiger partial charge in [-0.25, -0.2) is 21.6 Å². The molecule has 124 valence electrons. The fraction of sp³-hybridized carbons (Fsp3) is 0.154. The zero-order valence-corrected chi connectivity index (χ0v) is 16.1. The molecule has 0 bridgehead atoms. The third-order valence-electron chi connectivity index (χ3n) is 2.81. The molecule has 0 aliphatic carbocycles. The van der Waals surface area contributed by atoms with Crippen LogP contribution in [0.2, 0.25) is 0 Å². The van der Waals surface area contributed by atoms with Crippen LogP contribution in [0.15, 0.2) is 43.2 Å². The van der Waals surface area contributed by atoms with E-state index in [1.54, 1.807) is 19.1 Å². The first-order chi connectivity index (χ1) is 10.5. The maximum Gasteiger partial charge on any atom is 0.265 e. The van der Waals surface area contributed by atoms with E-state index in [1.807, 2.05) is 4.72 Å². The molecule has 6 nitrogen and oxygen atoms in total. The lowest BCUT2D eigenvalue weighted by molar-refractivity contribution is 0.0981. The van der Waals surface area contributed by atoms with Gasteiger partial charge >= 0.3 is 0 Å². The molecule has 0 saturated heterocycles. The lowest BCUT2D eigenvalue weighted by Gasteiger charge is -2.08. The second kappa shape index (κ2) is 6.34. The van der Waals surface area contributed by atoms with Crippen molar-refractivity contribution in [3.05, 3.63) is 45.2 Å². The monoisotopic (exact) mass is 437 g/mol. The summed E-state index contributed by atoms with van der Waals surface area (Å²) in [5.41, 5.74) is 0.833. The molecular weight excluding hydrogens is 426 g/mol. The summed E-state index contributed by atoms with van der Waals surface area (Å²) in [6.45, 7) is 1.80. The number of hydrogen-bond acceptors (Lipinski definition) is 6. The second-order valence-electron chi connectivity index (χ2n) is 4.80. The highest BCUT2D eigenvalue weighted by Crippen LogP contribution is 2.24. The molecule has 1 N–H and O–H groups in total. The standard InChI is InChI=1S/C13H12BrNO5S3/c1-8-3-4-11(10(14)5-8)23(19,20)15-13(16)9-6-12(21-7-9)22(2,17)18/h3-7H,1-2H3,(H,15,16). The Morgan fingerprint density at radius 3 is 2.35 bits per heavy atom. The van der Waals surface area contributed by atoms with E-state index in [1.165, 1.54) is 11.4 Å². The molecule has 0 spiro atoms. The summed E-state index contributed by atoms with van der Waals surface area (Å²) in [6, 6.07) is 5.75. The Kier molecular flexibility index (Phi) is 5.00. The van der Waals surface area contributed by atoms with E-state index in [0.29, 0.717) is 4.47 Å². The number of rotatable bonds is 4. The van der Waals surface area contributed by atoms with Crippen LogP contribution in [0, 0.1) is 6.92 Å². The zero-order chi connectivity index (χ0) is 17.4. The van der Waals surface area contributed by atoms with E-state index in [9.17, 15) is 21.6 Å². The minimum absolute atomic E-state index is 0.00318. The second-order valence-corrected chi connectivity index (χ2v) is 10.5. The lowest BCUT2D eigenvalue weighted by Crippen LogP contribution is -2.30. The van der Waals surface area contributed by atoms with Gasteiger partial charge in [-0.1, -0.05) is 6.07 Å². The van der Waals surface area contributed by atoms with Gasteiger partial charge in [-0.15, -0.1) is 11.3 Å². The van der Waals surface area contributed by atoms with Gasteiger partial charge < -0.3 is 0 Å². The molecule has 0 aliphatic heterocycles. The molecule has 0 fully saturated rings. The summed E-state index contributed by atoms with van der Waals surface area (Å²) < 4.78 is 49.6. The molecule has 10 heteroatoms. The Morgan fingerprint density at radius 1 is 1.17 bits per heavy atom. The third-order valence-corrected chi connectivity index (χ3v) is 7.88. The van der Waals surface area contributed by atoms with E-state index in [4.69, 9.17) is 0 Å². The fourth-order valence-corrected chi connectivity index (χ4v) is 5.65. The quantitative estimate of drug-likeness (QED) is 0.791. The van der Waals surface area contributed by atoms with Crippen molar-refractivity contribution in [2.75, 3.05) is 6.26 Å². The predicted molar refractivity (Wildman–Crippen MR) is 91.0 cm³/mol. The SMILES string of the molecule is Cc1ccc(S(=O)(=O)NC(=O)c2csc(S(C)(=O)=O)c2)c(Br)c1. The van der Waals surface area contributed by atoms with Gasteiger partial charge in [0.2, 0.25) is 0 Å². The van der Waals surface area contributed by atoms with Crippen LogP contribution in [0.3, 0.4) is 0 Å². The molecule has 1 amide bonds. The van der Waals surface area contributed by atoms with E-state index in [0.717, 1.165) is 29.2 Å². The number of thiophene rings is 1. The highest BCUT2D eigenvalue weighted by Gasteiger charge is 2.23. The van der Waals surface area contributed by atoms with Gasteiger partial charge in [0.15, 0.2) is 9.84 Å². The van der Waals surface area contributed by atoms with Gasteiger partial charge in [-0.2, -0.15) is 0 Å². The maximum atomic E-state index is 12.3. The number of hydrogen-bond donors (Lipinski definition) is 1. The maximum absolute atomic E-state index is 12.3. The highest BCUT2D eigenvalue weighted by molar-refractivity contribution is 9.10. The van der Waals surface area contributed by atoms with Crippen LogP contribution in [0.1, 0.15) is 15.9 Å². The van der Waals surface area contributed by atoms with Crippen molar-refractivity contribution in [3.8, 4) is 0 Å². The molecule has 0 saturated carbocycles. The minimum atomic E-state index is -4.07. The number of sulfonamides is 1. The fourth-order valence-electron chi connectivity index (χ4n) is 1.69. The number of carbonyl (C=O) groups is 1. The van der Waals surface area contributed by atoms with Crippen molar-refractivity contribution in [3.63, 3.8) is 0 Å². The summed E-state index contributed by atoms with van der Waals surface area (Å²) in [7, 11) is -7.51. The summed E-state index contributed by atoms with van der Waals surface area (Å²) >= 11 is 4.01. The minimum Gasteiger partial charge on any atom is -0.268 e. The Labute approximate surface area is 146 Å². The van der Waals surface area contributed by atoms with E-state index < -0.39 is 25.8 Å². The molecule has 1 aromatic carbocycles. The van der Waals surface area contributed by atoms with Gasteiger partial charge in [-0.05, 0) is 46.6 Å². The number of amides is 1. The van der Waals surface area contributed by atoms with Gasteiger partial charge in [0.25, 0.3) is 15.9 Å². The molecule has 2 rings (SSSR count). The van der Waals surface area contributed by atoms with Crippen LogP contribution < -0.4 is 4.72 Å². The number of halogens is 1. The molecule has 23 heavy (non-hydrogen) atoms. The first kappa shape index (κ1) is 18.1. The van der Waals surface area contributed by atoms with Crippen molar-refractivity contribution in [2.45, 2.75) is 16.0 Å². The van der Waals surface area contributed by atoms with E-state index in [-0.39, 0.29) is 14.7 Å². The first-order valence-electron chi connectivity index (χ1n) is 6.12. The number of sulfone groups is 1. The average Bonchev–Trinajstić information content (AvgIpc) is 2.86. The smallest absolute Gasteiger partial charge is 0.265 e. The largest absolute Gasteiger partial charge is 0.268 e. The predicted octanol–water partition coefficient (Wildman–Crippen LogP) is 2.34. The number of carbonyl (C=O) groups excluding carboxylic acids is 1. The third kappa shape index (κ3) is 4.19. The van der Waals surface area contributed by atoms with E-state index >= 15 is 0 Å². The zero-order valence-electron chi connectivity index (χ0n) is 12.0. The summed E-state index contributed by atoms with van der Waals surface area (Å²) in [5, 5.41) is 1.30. The first-order valence-corrected chi connectivity index (χ1v) is 11.2. The van der Waals surface area contributed by atoms with Crippen molar-refractivity contribution >= 4 is 53.0 Å². The lowest BCUT2D eigenvalue weighted by atomic mass is 10.2. The van der Waals surface area contributed by atoms with Crippen LogP contribution in [0.5, 0.6) is 0 Å². The summed E-state index contributed by atoms with van der Waals surface area (Å²) in [5.74, 6) is -0.886. The molecule has 1 aromatic heterocycles. The van der Waals surface area contributed by atoms with Gasteiger partial charge in [0.1, 0.15) is 9.10 Å². The number of nitrogens with one attached hydrogen (secondary N) is 1. The molecule has 0 atom stereocenters. The van der Waals surface area contributed by atoms with Crippen molar-refractivity contribution < 1.29 is 21.6 Å². The van der Waals surface area contributed by atoms with Crippen LogP contribution >= 0.6 is 27.3 Å². The van der Waals surface area contributed by atoms with E-state index in [2.05, 4.69) is 15.9 Å². The van der Waals surface area contributed by atoms with Gasteiger partial charge in [0.05, 0.1) is 5.56 Å². The normalized spacial score (nSPS) is 12.1. The van der Waals surface area contributed by atoms with Gasteiger partial charge in [0, 0.05) is 16.1 Å². The highest BCUT2D eigenvalue weighted by atomic mass is 79.9. The molecule has 1 heterocycles. The Morgan fingerprint density at radius 2 is 1.83 bits per heavy atom.